The van der Waals surface area contributed by atoms with Crippen LogP contribution in [0.1, 0.15) is 28.3 Å². The summed E-state index contributed by atoms with van der Waals surface area (Å²) in [6.07, 6.45) is 1.78. The Morgan fingerprint density at radius 1 is 1.30 bits per heavy atom. The lowest BCUT2D eigenvalue weighted by Gasteiger charge is -2.27. The van der Waals surface area contributed by atoms with Gasteiger partial charge < -0.3 is 26.8 Å². The molecule has 0 amide bonds. The normalized spacial score (nSPS) is 14.9. The van der Waals surface area contributed by atoms with Gasteiger partial charge in [-0.2, -0.15) is 10.5 Å². The highest BCUT2D eigenvalue weighted by Crippen LogP contribution is 2.41. The van der Waals surface area contributed by atoms with Crippen molar-refractivity contribution >= 4 is 35.9 Å². The summed E-state index contributed by atoms with van der Waals surface area (Å²) in [7, 11) is -1.60. The average molecular weight is 362 g/mol. The van der Waals surface area contributed by atoms with Crippen LogP contribution in [0, 0.1) is 29.7 Å². The van der Waals surface area contributed by atoms with Gasteiger partial charge in [0.1, 0.15) is 29.3 Å². The first-order valence-corrected chi connectivity index (χ1v) is 7.82. The summed E-state index contributed by atoms with van der Waals surface area (Å²) in [4.78, 5) is 8.64. The van der Waals surface area contributed by atoms with Crippen LogP contribution in [0.25, 0.3) is 0 Å². The van der Waals surface area contributed by atoms with E-state index in [4.69, 9.17) is 16.7 Å². The first-order chi connectivity index (χ1) is 12.9. The molecule has 1 aromatic heterocycles. The maximum atomic E-state index is 9.35. The Hall–Kier alpha value is -3.80. The van der Waals surface area contributed by atoms with Crippen molar-refractivity contribution in [2.75, 3.05) is 16.8 Å². The number of aryl methyl sites for hydroxylation is 1. The number of nitrogens with two attached hydrogens (primary N) is 2. The number of rotatable bonds is 2. The number of benzene rings is 1. The highest BCUT2D eigenvalue weighted by atomic mass is 16.4. The van der Waals surface area contributed by atoms with E-state index in [0.717, 1.165) is 0 Å². The number of aliphatic imine (C=N–C) groups is 1. The van der Waals surface area contributed by atoms with E-state index in [1.807, 2.05) is 6.07 Å². The van der Waals surface area contributed by atoms with Gasteiger partial charge in [0, 0.05) is 5.56 Å². The number of pyridine rings is 1. The molecular formula is C16H15BN8O2. The molecule has 1 aromatic carbocycles. The quantitative estimate of drug-likeness (QED) is 0.222. The molecule has 134 valence electrons. The van der Waals surface area contributed by atoms with Crippen LogP contribution in [0.15, 0.2) is 23.2 Å². The second kappa shape index (κ2) is 6.84. The van der Waals surface area contributed by atoms with E-state index in [9.17, 15) is 15.3 Å². The first-order valence-electron chi connectivity index (χ1n) is 7.82. The summed E-state index contributed by atoms with van der Waals surface area (Å²) in [5, 5.41) is 42.2. The van der Waals surface area contributed by atoms with Gasteiger partial charge in [-0.25, -0.2) is 9.98 Å². The van der Waals surface area contributed by atoms with E-state index < -0.39 is 13.2 Å². The van der Waals surface area contributed by atoms with E-state index in [0.29, 0.717) is 22.2 Å². The van der Waals surface area contributed by atoms with Crippen LogP contribution in [0.3, 0.4) is 0 Å². The highest BCUT2D eigenvalue weighted by Gasteiger charge is 2.30. The molecular weight excluding hydrogens is 347 g/mol. The standard InChI is InChI=1S/C16H15BN8O2/c1-7-4-8(17(26)27)2-3-9(7)13-11-12(20)10(5-18)14(21)24-15(11)25-16(23-13)22-6-19/h2-4,13,26-27H,1H3,(H6,20,21,22,23,24,25). The van der Waals surface area contributed by atoms with E-state index in [2.05, 4.69) is 20.6 Å². The van der Waals surface area contributed by atoms with E-state index >= 15 is 0 Å². The Morgan fingerprint density at radius 2 is 2.04 bits per heavy atom. The number of aromatic nitrogens is 1. The van der Waals surface area contributed by atoms with Gasteiger partial charge in [0.15, 0.2) is 6.19 Å². The fourth-order valence-electron chi connectivity index (χ4n) is 2.97. The van der Waals surface area contributed by atoms with Crippen molar-refractivity contribution in [3.63, 3.8) is 0 Å². The molecule has 11 heteroatoms. The van der Waals surface area contributed by atoms with Gasteiger partial charge in [-0.05, 0) is 23.5 Å². The van der Waals surface area contributed by atoms with Crippen molar-refractivity contribution in [2.24, 2.45) is 4.99 Å². The van der Waals surface area contributed by atoms with Crippen LogP contribution in [0.4, 0.5) is 17.3 Å². The lowest BCUT2D eigenvalue weighted by molar-refractivity contribution is 0.425. The van der Waals surface area contributed by atoms with Crippen LogP contribution in [-0.2, 0) is 0 Å². The van der Waals surface area contributed by atoms with Crippen molar-refractivity contribution in [1.29, 1.82) is 10.5 Å². The predicted octanol–water partition coefficient (Wildman–Crippen LogP) is -0.953. The minimum Gasteiger partial charge on any atom is -0.423 e. The molecule has 0 aliphatic carbocycles. The fraction of sp³-hybridized carbons (Fsp3) is 0.125. The number of hydrogen-bond acceptors (Lipinski definition) is 10. The Labute approximate surface area is 154 Å². The summed E-state index contributed by atoms with van der Waals surface area (Å²) < 4.78 is 0. The molecule has 0 bridgehead atoms. The van der Waals surface area contributed by atoms with Crippen molar-refractivity contribution in [3.8, 4) is 12.3 Å². The number of anilines is 3. The molecule has 0 fully saturated rings. The van der Waals surface area contributed by atoms with Gasteiger partial charge in [-0.1, -0.05) is 18.2 Å². The molecule has 1 aliphatic rings. The molecule has 27 heavy (non-hydrogen) atoms. The largest absolute Gasteiger partial charge is 0.488 e. The molecule has 0 spiro atoms. The number of nitrogen functional groups attached to an aromatic ring is 2. The smallest absolute Gasteiger partial charge is 0.423 e. The third kappa shape index (κ3) is 3.09. The third-order valence-corrected chi connectivity index (χ3v) is 4.24. The number of nitriles is 2. The number of nitrogens with zero attached hydrogens (tertiary/aromatic N) is 4. The molecule has 3 rings (SSSR count). The van der Waals surface area contributed by atoms with Crippen molar-refractivity contribution < 1.29 is 10.0 Å². The molecule has 1 unspecified atom stereocenters. The maximum absolute atomic E-state index is 9.35. The van der Waals surface area contributed by atoms with Crippen LogP contribution in [-0.4, -0.2) is 28.1 Å². The van der Waals surface area contributed by atoms with Gasteiger partial charge in [0.05, 0.1) is 5.69 Å². The lowest BCUT2D eigenvalue weighted by Crippen LogP contribution is -2.33. The number of hydrogen-bond donors (Lipinski definition) is 6. The zero-order valence-corrected chi connectivity index (χ0v) is 14.2. The molecule has 2 heterocycles. The summed E-state index contributed by atoms with van der Waals surface area (Å²) in [6.45, 7) is 1.78. The van der Waals surface area contributed by atoms with Crippen LogP contribution >= 0.6 is 0 Å². The first kappa shape index (κ1) is 18.0. The summed E-state index contributed by atoms with van der Waals surface area (Å²) in [6, 6.07) is 6.10. The van der Waals surface area contributed by atoms with E-state index in [-0.39, 0.29) is 28.8 Å². The second-order valence-electron chi connectivity index (χ2n) is 5.89. The minimum absolute atomic E-state index is 0.0336. The predicted molar refractivity (Wildman–Crippen MR) is 100 cm³/mol. The molecule has 0 saturated heterocycles. The Morgan fingerprint density at radius 3 is 2.63 bits per heavy atom. The number of fused-ring (bicyclic) bond motifs is 1. The van der Waals surface area contributed by atoms with Crippen molar-refractivity contribution in [3.05, 3.63) is 40.5 Å². The zero-order valence-electron chi connectivity index (χ0n) is 14.2. The minimum atomic E-state index is -1.60. The average Bonchev–Trinajstić information content (AvgIpc) is 2.61. The topological polar surface area (TPSA) is 189 Å². The molecule has 0 saturated carbocycles. The van der Waals surface area contributed by atoms with Crippen LogP contribution < -0.4 is 27.6 Å². The van der Waals surface area contributed by atoms with Gasteiger partial charge in [-0.15, -0.1) is 0 Å². The van der Waals surface area contributed by atoms with E-state index in [1.165, 1.54) is 0 Å². The Kier molecular flexibility index (Phi) is 4.56. The molecule has 10 nitrogen and oxygen atoms in total. The molecule has 0 radical (unpaired) electrons. The Bertz CT molecular complexity index is 1040. The summed E-state index contributed by atoms with van der Waals surface area (Å²) in [5.41, 5.74) is 14.4. The fourth-order valence-corrected chi connectivity index (χ4v) is 2.97. The van der Waals surface area contributed by atoms with Crippen molar-refractivity contribution in [2.45, 2.75) is 13.0 Å². The summed E-state index contributed by atoms with van der Waals surface area (Å²) >= 11 is 0. The second-order valence-corrected chi connectivity index (χ2v) is 5.89. The zero-order chi connectivity index (χ0) is 19.7. The molecule has 1 aliphatic heterocycles. The Balaban J connectivity index is 2.24. The van der Waals surface area contributed by atoms with E-state index in [1.54, 1.807) is 31.3 Å². The van der Waals surface area contributed by atoms with Gasteiger partial charge >= 0.3 is 7.12 Å². The number of guanidine groups is 1. The molecule has 1 atom stereocenters. The van der Waals surface area contributed by atoms with Crippen molar-refractivity contribution in [1.82, 2.24) is 10.3 Å². The van der Waals surface area contributed by atoms with Gasteiger partial charge in [-0.3, -0.25) is 5.32 Å². The van der Waals surface area contributed by atoms with Gasteiger partial charge in [0.25, 0.3) is 0 Å². The van der Waals surface area contributed by atoms with Crippen LogP contribution in [0.5, 0.6) is 0 Å². The van der Waals surface area contributed by atoms with Crippen LogP contribution in [0.2, 0.25) is 0 Å². The third-order valence-electron chi connectivity index (χ3n) is 4.24. The lowest BCUT2D eigenvalue weighted by atomic mass is 9.78. The molecule has 8 N–H and O–H groups in total. The molecule has 2 aromatic rings. The monoisotopic (exact) mass is 362 g/mol. The summed E-state index contributed by atoms with van der Waals surface area (Å²) in [5.74, 6) is 0.401. The highest BCUT2D eigenvalue weighted by molar-refractivity contribution is 6.58. The van der Waals surface area contributed by atoms with Gasteiger partial charge in [0.2, 0.25) is 5.96 Å². The number of nitrogens with one attached hydrogen (secondary N) is 2. The SMILES string of the molecule is Cc1cc(B(O)O)ccc1C1N=C(NC#N)Nc2nc(N)c(C#N)c(N)c21. The maximum Gasteiger partial charge on any atom is 0.488 e.